The van der Waals surface area contributed by atoms with Gasteiger partial charge in [0.1, 0.15) is 5.75 Å². The number of benzene rings is 1. The number of thiophene rings is 1. The molecule has 4 heterocycles. The normalized spacial score (nSPS) is 18.6. The van der Waals surface area contributed by atoms with E-state index < -0.39 is 5.82 Å². The van der Waals surface area contributed by atoms with Gasteiger partial charge in [-0.25, -0.2) is 9.18 Å². The van der Waals surface area contributed by atoms with Gasteiger partial charge in [-0.1, -0.05) is 6.07 Å². The van der Waals surface area contributed by atoms with Crippen molar-refractivity contribution < 1.29 is 23.8 Å². The van der Waals surface area contributed by atoms with Crippen molar-refractivity contribution in [3.8, 4) is 22.1 Å². The predicted molar refractivity (Wildman–Crippen MR) is 167 cm³/mol. The molecule has 1 aromatic carbocycles. The number of rotatable bonds is 9. The number of carbonyl (C=O) groups excluding carboxylic acids is 2. The Bertz CT molecular complexity index is 1660. The molecule has 3 amide bonds. The van der Waals surface area contributed by atoms with Gasteiger partial charge in [-0.15, -0.1) is 11.3 Å². The van der Waals surface area contributed by atoms with Crippen LogP contribution >= 0.6 is 11.3 Å². The molecule has 0 radical (unpaired) electrons. The zero-order chi connectivity index (χ0) is 30.8. The summed E-state index contributed by atoms with van der Waals surface area (Å²) in [7, 11) is 3.80. The first-order valence-corrected chi connectivity index (χ1v) is 15.6. The second-order valence-corrected chi connectivity index (χ2v) is 12.5. The molecule has 44 heavy (non-hydrogen) atoms. The maximum absolute atomic E-state index is 14.9. The molecule has 1 saturated heterocycles. The van der Waals surface area contributed by atoms with Crippen molar-refractivity contribution in [2.24, 2.45) is 5.92 Å². The number of fused-ring (bicyclic) bond motifs is 1. The van der Waals surface area contributed by atoms with Gasteiger partial charge >= 0.3 is 6.03 Å². The van der Waals surface area contributed by atoms with Gasteiger partial charge in [-0.2, -0.15) is 0 Å². The van der Waals surface area contributed by atoms with Crippen LogP contribution < -0.4 is 15.4 Å². The molecule has 2 fully saturated rings. The van der Waals surface area contributed by atoms with E-state index in [-0.39, 0.29) is 42.3 Å². The maximum atomic E-state index is 14.9. The summed E-state index contributed by atoms with van der Waals surface area (Å²) < 4.78 is 21.7. The Hall–Kier alpha value is -4.13. The van der Waals surface area contributed by atoms with Crippen molar-refractivity contribution in [2.75, 3.05) is 39.1 Å². The van der Waals surface area contributed by atoms with E-state index in [2.05, 4.69) is 33.6 Å². The largest absolute Gasteiger partial charge is 0.453 e. The second-order valence-electron chi connectivity index (χ2n) is 11.4. The number of aliphatic hydroxyl groups excluding tert-OH is 1. The minimum absolute atomic E-state index is 0.0408. The highest BCUT2D eigenvalue weighted by atomic mass is 32.1. The molecule has 2 aliphatic rings. The van der Waals surface area contributed by atoms with Gasteiger partial charge in [0.15, 0.2) is 11.6 Å². The number of nitrogens with one attached hydrogen (secondary N) is 2. The summed E-state index contributed by atoms with van der Waals surface area (Å²) in [6.07, 6.45) is 6.90. The number of ether oxygens (including phenoxy) is 1. The van der Waals surface area contributed by atoms with E-state index in [9.17, 15) is 19.1 Å². The lowest BCUT2D eigenvalue weighted by atomic mass is 9.87. The van der Waals surface area contributed by atoms with Crippen LogP contribution in [0.3, 0.4) is 0 Å². The van der Waals surface area contributed by atoms with Crippen LogP contribution in [-0.2, 0) is 4.79 Å². The fourth-order valence-electron chi connectivity index (χ4n) is 5.50. The number of hydrogen-bond donors (Lipinski definition) is 3. The van der Waals surface area contributed by atoms with Crippen molar-refractivity contribution in [2.45, 2.75) is 37.8 Å². The summed E-state index contributed by atoms with van der Waals surface area (Å²) in [6, 6.07) is 11.9. The summed E-state index contributed by atoms with van der Waals surface area (Å²) in [6.45, 7) is 1.09. The van der Waals surface area contributed by atoms with E-state index in [1.165, 1.54) is 23.5 Å². The molecule has 0 spiro atoms. The number of urea groups is 1. The Balaban J connectivity index is 1.16. The van der Waals surface area contributed by atoms with Crippen LogP contribution in [0.25, 0.3) is 20.8 Å². The molecular weight excluding hydrogens is 583 g/mol. The van der Waals surface area contributed by atoms with Gasteiger partial charge in [0.25, 0.3) is 0 Å². The highest BCUT2D eigenvalue weighted by Crippen LogP contribution is 2.40. The van der Waals surface area contributed by atoms with Crippen LogP contribution in [0.2, 0.25) is 0 Å². The molecule has 3 aromatic heterocycles. The number of aliphatic hydroxyl groups is 1. The van der Waals surface area contributed by atoms with Crippen molar-refractivity contribution in [3.63, 3.8) is 0 Å². The topological polar surface area (TPSA) is 120 Å². The van der Waals surface area contributed by atoms with Crippen molar-refractivity contribution >= 4 is 39.2 Å². The maximum Gasteiger partial charge on any atom is 0.319 e. The fourth-order valence-corrected chi connectivity index (χ4v) is 6.54. The molecule has 4 aromatic rings. The zero-order valence-electron chi connectivity index (χ0n) is 24.6. The predicted octanol–water partition coefficient (Wildman–Crippen LogP) is 5.41. The standard InChI is InChI=1S/C32H35FN6O4S/c1-38-12-10-19(31(41)39(2)13-14-40)15-26(38)20-3-7-24(35-18-20)29-17-25-30(44-29)28(9-11-34-25)43-27-8-6-22(16-23(27)33)37-32(42)36-21-4-5-21/h3,6-9,11,16-19,21,26,40H,4-5,10,12-15H2,1-2H3,(H2,36,37,42). The van der Waals surface area contributed by atoms with Crippen LogP contribution in [0.5, 0.6) is 11.5 Å². The number of nitrogens with zero attached hydrogens (tertiary/aromatic N) is 4. The van der Waals surface area contributed by atoms with E-state index in [4.69, 9.17) is 9.72 Å². The lowest BCUT2D eigenvalue weighted by Gasteiger charge is -2.37. The highest BCUT2D eigenvalue weighted by molar-refractivity contribution is 7.22. The van der Waals surface area contributed by atoms with Crippen LogP contribution in [0.4, 0.5) is 14.9 Å². The minimum atomic E-state index is -0.593. The van der Waals surface area contributed by atoms with E-state index in [0.717, 1.165) is 46.6 Å². The number of likely N-dealkylation sites (N-methyl/N-ethyl adjacent to an activating group) is 1. The van der Waals surface area contributed by atoms with Gasteiger partial charge in [0.05, 0.1) is 27.4 Å². The van der Waals surface area contributed by atoms with Gasteiger partial charge < -0.3 is 25.4 Å². The number of aromatic nitrogens is 2. The summed E-state index contributed by atoms with van der Waals surface area (Å²) in [4.78, 5) is 38.9. The third-order valence-electron chi connectivity index (χ3n) is 8.15. The molecule has 6 rings (SSSR count). The quantitative estimate of drug-likeness (QED) is 0.230. The molecule has 3 N–H and O–H groups in total. The van der Waals surface area contributed by atoms with Gasteiger partial charge in [-0.05, 0) is 69.1 Å². The molecule has 2 atom stereocenters. The zero-order valence-corrected chi connectivity index (χ0v) is 25.4. The Kier molecular flexibility index (Phi) is 8.74. The van der Waals surface area contributed by atoms with Gasteiger partial charge in [-0.3, -0.25) is 19.7 Å². The Morgan fingerprint density at radius 3 is 2.70 bits per heavy atom. The highest BCUT2D eigenvalue weighted by Gasteiger charge is 2.33. The van der Waals surface area contributed by atoms with Crippen LogP contribution in [0, 0.1) is 11.7 Å². The number of carbonyl (C=O) groups is 2. The summed E-state index contributed by atoms with van der Waals surface area (Å²) in [5, 5.41) is 14.7. The van der Waals surface area contributed by atoms with Crippen LogP contribution in [-0.4, -0.2) is 76.6 Å². The molecular formula is C32H35FN6O4S. The molecule has 1 aliphatic heterocycles. The summed E-state index contributed by atoms with van der Waals surface area (Å²) in [5.74, 6) is -0.103. The first-order chi connectivity index (χ1) is 21.3. The SMILES string of the molecule is CN(CCO)C(=O)C1CCN(C)C(c2ccc(-c3cc4nccc(Oc5ccc(NC(=O)NC6CC6)cc5F)c4s3)nc2)C1. The molecule has 10 nitrogen and oxygen atoms in total. The number of anilines is 1. The van der Waals surface area contributed by atoms with Crippen LogP contribution in [0.1, 0.15) is 37.3 Å². The van der Waals surface area contributed by atoms with E-state index in [1.807, 2.05) is 18.3 Å². The van der Waals surface area contributed by atoms with Gasteiger partial charge in [0, 0.05) is 61.8 Å². The van der Waals surface area contributed by atoms with Crippen molar-refractivity contribution in [3.05, 3.63) is 66.2 Å². The smallest absolute Gasteiger partial charge is 0.319 e. The summed E-state index contributed by atoms with van der Waals surface area (Å²) in [5.41, 5.74) is 2.88. The van der Waals surface area contributed by atoms with Crippen LogP contribution in [0.15, 0.2) is 54.9 Å². The van der Waals surface area contributed by atoms with E-state index in [0.29, 0.717) is 29.9 Å². The number of piperidine rings is 1. The number of halogens is 1. The first-order valence-electron chi connectivity index (χ1n) is 14.7. The Labute approximate surface area is 258 Å². The Morgan fingerprint density at radius 2 is 1.98 bits per heavy atom. The number of hydrogen-bond acceptors (Lipinski definition) is 8. The lowest BCUT2D eigenvalue weighted by molar-refractivity contribution is -0.136. The van der Waals surface area contributed by atoms with Gasteiger partial charge in [0.2, 0.25) is 5.91 Å². The number of amides is 3. The molecule has 12 heteroatoms. The lowest BCUT2D eigenvalue weighted by Crippen LogP contribution is -2.42. The Morgan fingerprint density at radius 1 is 1.14 bits per heavy atom. The fraction of sp³-hybridized carbons (Fsp3) is 0.375. The monoisotopic (exact) mass is 618 g/mol. The molecule has 1 aliphatic carbocycles. The minimum Gasteiger partial charge on any atom is -0.453 e. The van der Waals surface area contributed by atoms with Crippen molar-refractivity contribution in [1.82, 2.24) is 25.1 Å². The third kappa shape index (κ3) is 6.67. The average molecular weight is 619 g/mol. The van der Waals surface area contributed by atoms with E-state index >= 15 is 0 Å². The molecule has 1 saturated carbocycles. The average Bonchev–Trinajstić information content (AvgIpc) is 3.72. The molecule has 2 unspecified atom stereocenters. The number of likely N-dealkylation sites (tertiary alicyclic amines) is 1. The van der Waals surface area contributed by atoms with E-state index in [1.54, 1.807) is 30.3 Å². The molecule has 230 valence electrons. The number of pyridine rings is 2. The van der Waals surface area contributed by atoms with Crippen molar-refractivity contribution in [1.29, 1.82) is 0 Å². The first kappa shape index (κ1) is 29.9. The third-order valence-corrected chi connectivity index (χ3v) is 9.31. The molecule has 0 bridgehead atoms. The summed E-state index contributed by atoms with van der Waals surface area (Å²) >= 11 is 1.46. The second kappa shape index (κ2) is 12.8.